The summed E-state index contributed by atoms with van der Waals surface area (Å²) in [4.78, 5) is 27.0. The molecule has 4 aliphatic rings. The predicted molar refractivity (Wildman–Crippen MR) is 132 cm³/mol. The number of carbonyl (C=O) groups is 2. The van der Waals surface area contributed by atoms with Crippen LogP contribution in [0.2, 0.25) is 0 Å². The summed E-state index contributed by atoms with van der Waals surface area (Å²) in [6.07, 6.45) is -6.04. The minimum atomic E-state index is -5.21. The molecule has 1 N–H and O–H groups in total. The van der Waals surface area contributed by atoms with Crippen LogP contribution in [0, 0.1) is 22.7 Å². The number of hydrogen-bond acceptors (Lipinski definition) is 6. The van der Waals surface area contributed by atoms with Crippen molar-refractivity contribution in [2.24, 2.45) is 22.7 Å². The van der Waals surface area contributed by atoms with E-state index in [-0.39, 0.29) is 55.8 Å². The molecule has 0 saturated heterocycles. The van der Waals surface area contributed by atoms with Crippen molar-refractivity contribution in [1.29, 1.82) is 0 Å². The van der Waals surface area contributed by atoms with Crippen molar-refractivity contribution in [3.63, 3.8) is 0 Å². The lowest BCUT2D eigenvalue weighted by molar-refractivity contribution is -0.230. The second-order valence-electron chi connectivity index (χ2n) is 11.0. The SMILES string of the molecule is [B]Cc1cc(C[B])c(OC(=O)C23CC4CC(C2)CC(C(=O)OC(CS(=O)(=O)O)C(F)(F)F)(C4)C3)c(C[B])c1. The van der Waals surface area contributed by atoms with Gasteiger partial charge in [0.25, 0.3) is 10.1 Å². The molecule has 1 aromatic carbocycles. The van der Waals surface area contributed by atoms with Crippen LogP contribution >= 0.6 is 0 Å². The lowest BCUT2D eigenvalue weighted by Gasteiger charge is -2.59. The van der Waals surface area contributed by atoms with E-state index in [1.54, 1.807) is 12.1 Å². The lowest BCUT2D eigenvalue weighted by atomic mass is 9.44. The Morgan fingerprint density at radius 2 is 1.47 bits per heavy atom. The van der Waals surface area contributed by atoms with E-state index >= 15 is 0 Å². The fourth-order valence-electron chi connectivity index (χ4n) is 6.96. The summed E-state index contributed by atoms with van der Waals surface area (Å²) in [6.45, 7) is 0. The molecule has 4 fully saturated rings. The Morgan fingerprint density at radius 3 is 1.89 bits per heavy atom. The van der Waals surface area contributed by atoms with Gasteiger partial charge in [0.15, 0.2) is 0 Å². The van der Waals surface area contributed by atoms with E-state index in [4.69, 9.17) is 37.6 Å². The molecular formula is C24H26B3F3O7S. The standard InChI is InChI=1S/C24H26B3F3O7S/c25-8-13-2-16(9-26)19(17(3-13)10-27)37-21(32)23-6-14-1-15(7-23)5-22(4-14,12-23)20(31)36-18(24(28,29)30)11-38(33,34)35/h2-3,14-15,18H,1,4-12H2,(H,33,34,35). The summed E-state index contributed by atoms with van der Waals surface area (Å²) in [6, 6.07) is 3.43. The molecule has 38 heavy (non-hydrogen) atoms. The highest BCUT2D eigenvalue weighted by molar-refractivity contribution is 7.85. The monoisotopic (exact) mass is 548 g/mol. The van der Waals surface area contributed by atoms with Crippen LogP contribution in [0.25, 0.3) is 0 Å². The summed E-state index contributed by atoms with van der Waals surface area (Å²) in [5.41, 5.74) is -0.726. The van der Waals surface area contributed by atoms with Crippen LogP contribution in [-0.4, -0.2) is 66.5 Å². The number of hydrogen-bond donors (Lipinski definition) is 1. The maximum Gasteiger partial charge on any atom is 0.426 e. The van der Waals surface area contributed by atoms with E-state index in [9.17, 15) is 31.2 Å². The molecule has 0 aliphatic heterocycles. The quantitative estimate of drug-likeness (QED) is 0.219. The van der Waals surface area contributed by atoms with Gasteiger partial charge in [-0.15, -0.1) is 0 Å². The molecule has 1 aromatic rings. The first kappa shape index (κ1) is 29.0. The van der Waals surface area contributed by atoms with E-state index in [2.05, 4.69) is 0 Å². The average Bonchev–Trinajstić information content (AvgIpc) is 2.81. The van der Waals surface area contributed by atoms with Gasteiger partial charge in [-0.3, -0.25) is 14.1 Å². The Labute approximate surface area is 223 Å². The third kappa shape index (κ3) is 5.66. The Kier molecular flexibility index (Phi) is 7.82. The Hall–Kier alpha value is -1.95. The largest absolute Gasteiger partial charge is 0.451 e. The summed E-state index contributed by atoms with van der Waals surface area (Å²) in [5.74, 6) is -3.66. The van der Waals surface area contributed by atoms with E-state index in [1.165, 1.54) is 0 Å². The van der Waals surface area contributed by atoms with Crippen molar-refractivity contribution in [1.82, 2.24) is 0 Å². The van der Waals surface area contributed by atoms with Crippen molar-refractivity contribution in [2.75, 3.05) is 5.75 Å². The number of benzene rings is 1. The summed E-state index contributed by atoms with van der Waals surface area (Å²) in [5, 5.41) is 0. The van der Waals surface area contributed by atoms with Gasteiger partial charge in [-0.1, -0.05) is 36.7 Å². The zero-order valence-electron chi connectivity index (χ0n) is 20.6. The Bertz CT molecular complexity index is 1180. The molecule has 0 spiro atoms. The molecule has 4 saturated carbocycles. The normalized spacial score (nSPS) is 29.2. The number of alkyl halides is 3. The maximum atomic E-state index is 13.7. The minimum absolute atomic E-state index is 0.0462. The van der Waals surface area contributed by atoms with Gasteiger partial charge in [-0.05, 0) is 61.5 Å². The van der Waals surface area contributed by atoms with Crippen molar-refractivity contribution >= 4 is 45.6 Å². The molecule has 3 unspecified atom stereocenters. The van der Waals surface area contributed by atoms with Gasteiger partial charge in [0, 0.05) is 0 Å². The second kappa shape index (κ2) is 10.2. The van der Waals surface area contributed by atoms with E-state index in [0.717, 1.165) is 5.56 Å². The van der Waals surface area contributed by atoms with Gasteiger partial charge in [0.05, 0.1) is 34.4 Å². The van der Waals surface area contributed by atoms with Gasteiger partial charge in [0.1, 0.15) is 11.5 Å². The third-order valence-electron chi connectivity index (χ3n) is 8.08. The Balaban J connectivity index is 1.62. The molecule has 200 valence electrons. The van der Waals surface area contributed by atoms with E-state index < -0.39 is 50.9 Å². The minimum Gasteiger partial charge on any atom is -0.451 e. The first-order valence-electron chi connectivity index (χ1n) is 12.3. The van der Waals surface area contributed by atoms with Gasteiger partial charge in [-0.2, -0.15) is 21.6 Å². The van der Waals surface area contributed by atoms with Crippen LogP contribution in [0.4, 0.5) is 13.2 Å². The van der Waals surface area contributed by atoms with Crippen LogP contribution < -0.4 is 4.74 Å². The fraction of sp³-hybridized carbons (Fsp3) is 0.667. The second-order valence-corrected chi connectivity index (χ2v) is 12.4. The smallest absolute Gasteiger partial charge is 0.426 e. The highest BCUT2D eigenvalue weighted by atomic mass is 32.2. The summed E-state index contributed by atoms with van der Waals surface area (Å²) >= 11 is 0. The molecule has 0 heterocycles. The molecule has 6 radical (unpaired) electrons. The summed E-state index contributed by atoms with van der Waals surface area (Å²) in [7, 11) is 12.4. The number of halogens is 3. The molecular weight excluding hydrogens is 522 g/mol. The molecule has 4 aliphatic carbocycles. The molecule has 0 aromatic heterocycles. The van der Waals surface area contributed by atoms with Gasteiger partial charge >= 0.3 is 18.1 Å². The van der Waals surface area contributed by atoms with Crippen LogP contribution in [0.5, 0.6) is 5.75 Å². The first-order chi connectivity index (χ1) is 17.6. The van der Waals surface area contributed by atoms with Gasteiger partial charge in [-0.25, -0.2) is 0 Å². The molecule has 4 bridgehead atoms. The van der Waals surface area contributed by atoms with Crippen molar-refractivity contribution in [2.45, 2.75) is 69.8 Å². The van der Waals surface area contributed by atoms with Crippen molar-refractivity contribution < 1.29 is 45.2 Å². The lowest BCUT2D eigenvalue weighted by Crippen LogP contribution is -2.59. The van der Waals surface area contributed by atoms with Gasteiger partial charge < -0.3 is 9.47 Å². The van der Waals surface area contributed by atoms with Crippen molar-refractivity contribution in [3.8, 4) is 5.75 Å². The zero-order valence-corrected chi connectivity index (χ0v) is 21.4. The average molecular weight is 548 g/mol. The number of esters is 2. The fourth-order valence-corrected chi connectivity index (χ4v) is 7.60. The molecule has 3 atom stereocenters. The molecule has 7 nitrogen and oxygen atoms in total. The van der Waals surface area contributed by atoms with E-state index in [0.29, 0.717) is 30.4 Å². The van der Waals surface area contributed by atoms with Crippen LogP contribution in [0.3, 0.4) is 0 Å². The first-order valence-corrected chi connectivity index (χ1v) is 13.9. The summed E-state index contributed by atoms with van der Waals surface area (Å²) < 4.78 is 82.3. The topological polar surface area (TPSA) is 107 Å². The predicted octanol–water partition coefficient (Wildman–Crippen LogP) is 2.55. The molecule has 0 amide bonds. The number of rotatable bonds is 9. The van der Waals surface area contributed by atoms with E-state index in [1.807, 2.05) is 0 Å². The third-order valence-corrected chi connectivity index (χ3v) is 8.80. The van der Waals surface area contributed by atoms with Crippen LogP contribution in [0.1, 0.15) is 55.2 Å². The maximum absolute atomic E-state index is 13.7. The molecule has 5 rings (SSSR count). The Morgan fingerprint density at radius 1 is 0.974 bits per heavy atom. The highest BCUT2D eigenvalue weighted by Gasteiger charge is 2.65. The van der Waals surface area contributed by atoms with Gasteiger partial charge in [0.2, 0.25) is 6.10 Å². The van der Waals surface area contributed by atoms with Crippen LogP contribution in [-0.2, 0) is 43.4 Å². The van der Waals surface area contributed by atoms with Crippen LogP contribution in [0.15, 0.2) is 12.1 Å². The number of carbonyl (C=O) groups excluding carboxylic acids is 2. The van der Waals surface area contributed by atoms with Crippen molar-refractivity contribution in [3.05, 3.63) is 28.8 Å². The molecule has 14 heteroatoms. The zero-order chi connectivity index (χ0) is 28.1. The number of ether oxygens (including phenoxy) is 2. The highest BCUT2D eigenvalue weighted by Crippen LogP contribution is 2.66.